The first-order valence-corrected chi connectivity index (χ1v) is 8.25. The maximum Gasteiger partial charge on any atom is 0.155 e. The third kappa shape index (κ3) is 1.81. The summed E-state index contributed by atoms with van der Waals surface area (Å²) in [6.07, 6.45) is 4.04. The molecule has 3 heteroatoms. The van der Waals surface area contributed by atoms with Crippen molar-refractivity contribution in [2.75, 3.05) is 0 Å². The van der Waals surface area contributed by atoms with Crippen LogP contribution in [0.5, 0.6) is 0 Å². The van der Waals surface area contributed by atoms with Crippen LogP contribution in [0.2, 0.25) is 0 Å². The second kappa shape index (κ2) is 4.96. The number of rotatable bonds is 2. The Morgan fingerprint density at radius 2 is 1.79 bits per heavy atom. The molecule has 2 aromatic heterocycles. The number of hydrogen-bond donors (Lipinski definition) is 1. The van der Waals surface area contributed by atoms with E-state index >= 15 is 0 Å². The van der Waals surface area contributed by atoms with Crippen LogP contribution in [-0.4, -0.2) is 14.5 Å². The summed E-state index contributed by atoms with van der Waals surface area (Å²) >= 11 is 0. The molecule has 1 aliphatic rings. The molecule has 0 saturated carbocycles. The zero-order valence-electron chi connectivity index (χ0n) is 13.3. The molecule has 0 saturated heterocycles. The Labute approximate surface area is 140 Å². The number of benzene rings is 2. The van der Waals surface area contributed by atoms with Gasteiger partial charge in [-0.1, -0.05) is 43.0 Å². The molecule has 0 bridgehead atoms. The fraction of sp³-hybridized carbons (Fsp3) is 0.0952. The van der Waals surface area contributed by atoms with Crippen molar-refractivity contribution in [3.63, 3.8) is 0 Å². The van der Waals surface area contributed by atoms with E-state index in [0.29, 0.717) is 0 Å². The molecule has 24 heavy (non-hydrogen) atoms. The number of imidazole rings is 1. The molecule has 4 aromatic rings. The van der Waals surface area contributed by atoms with Crippen molar-refractivity contribution in [2.24, 2.45) is 0 Å². The van der Waals surface area contributed by atoms with Gasteiger partial charge in [-0.3, -0.25) is 0 Å². The van der Waals surface area contributed by atoms with E-state index in [1.54, 1.807) is 0 Å². The molecule has 5 rings (SSSR count). The third-order valence-corrected chi connectivity index (χ3v) is 4.87. The Bertz CT molecular complexity index is 1050. The van der Waals surface area contributed by atoms with E-state index in [1.807, 2.05) is 24.4 Å². The first-order valence-electron chi connectivity index (χ1n) is 8.25. The van der Waals surface area contributed by atoms with Crippen molar-refractivity contribution in [1.29, 1.82) is 0 Å². The smallest absolute Gasteiger partial charge is 0.155 e. The van der Waals surface area contributed by atoms with Crippen LogP contribution in [0.4, 0.5) is 0 Å². The molecule has 116 valence electrons. The van der Waals surface area contributed by atoms with E-state index in [2.05, 4.69) is 52.5 Å². The summed E-state index contributed by atoms with van der Waals surface area (Å²) in [5.74, 6) is 0.892. The topological polar surface area (TPSA) is 33.6 Å². The fourth-order valence-electron chi connectivity index (χ4n) is 3.76. The van der Waals surface area contributed by atoms with Crippen LogP contribution in [0.25, 0.3) is 40.0 Å². The van der Waals surface area contributed by atoms with Gasteiger partial charge in [0.2, 0.25) is 0 Å². The monoisotopic (exact) mass is 311 g/mol. The van der Waals surface area contributed by atoms with E-state index < -0.39 is 0 Å². The number of hydrogen-bond acceptors (Lipinski definition) is 1. The number of aryl methyl sites for hydroxylation is 2. The molecule has 0 radical (unpaired) electrons. The summed E-state index contributed by atoms with van der Waals surface area (Å²) in [5, 5.41) is 0. The van der Waals surface area contributed by atoms with Gasteiger partial charge >= 0.3 is 0 Å². The number of H-pyrrole nitrogens is 1. The lowest BCUT2D eigenvalue weighted by molar-refractivity contribution is 0.934. The van der Waals surface area contributed by atoms with Gasteiger partial charge in [0.05, 0.1) is 22.4 Å². The minimum atomic E-state index is 0.892. The Balaban J connectivity index is 1.77. The molecule has 1 aliphatic carbocycles. The lowest BCUT2D eigenvalue weighted by Crippen LogP contribution is -2.04. The van der Waals surface area contributed by atoms with Gasteiger partial charge in [0.1, 0.15) is 0 Å². The lowest BCUT2D eigenvalue weighted by Gasteiger charge is -2.18. The molecule has 0 atom stereocenters. The van der Waals surface area contributed by atoms with Crippen LogP contribution in [0.3, 0.4) is 0 Å². The van der Waals surface area contributed by atoms with Gasteiger partial charge in [0, 0.05) is 11.8 Å². The number of nitrogens with one attached hydrogen (secondary N) is 1. The van der Waals surface area contributed by atoms with Gasteiger partial charge in [-0.2, -0.15) is 0 Å². The number of para-hydroxylation sites is 2. The van der Waals surface area contributed by atoms with E-state index in [9.17, 15) is 0 Å². The van der Waals surface area contributed by atoms with Crippen molar-refractivity contribution in [2.45, 2.75) is 12.8 Å². The average Bonchev–Trinajstić information content (AvgIpc) is 3.22. The second-order valence-corrected chi connectivity index (χ2v) is 6.22. The number of aromatic amines is 1. The van der Waals surface area contributed by atoms with Crippen LogP contribution >= 0.6 is 0 Å². The maximum absolute atomic E-state index is 4.77. The molecule has 2 aromatic carbocycles. The van der Waals surface area contributed by atoms with Crippen LogP contribution < -0.4 is 0 Å². The molecule has 3 nitrogen and oxygen atoms in total. The van der Waals surface area contributed by atoms with Crippen molar-refractivity contribution in [3.8, 4) is 22.8 Å². The summed E-state index contributed by atoms with van der Waals surface area (Å²) in [7, 11) is 0. The molecule has 0 fully saturated rings. The van der Waals surface area contributed by atoms with E-state index in [1.165, 1.54) is 22.4 Å². The summed E-state index contributed by atoms with van der Waals surface area (Å²) in [6.45, 7) is 4.05. The summed E-state index contributed by atoms with van der Waals surface area (Å²) in [5.41, 5.74) is 8.45. The first kappa shape index (κ1) is 13.4. The predicted octanol–water partition coefficient (Wildman–Crippen LogP) is 4.90. The van der Waals surface area contributed by atoms with E-state index in [4.69, 9.17) is 4.98 Å². The summed E-state index contributed by atoms with van der Waals surface area (Å²) in [6, 6.07) is 19.0. The fourth-order valence-corrected chi connectivity index (χ4v) is 3.76. The van der Waals surface area contributed by atoms with Gasteiger partial charge in [-0.15, -0.1) is 0 Å². The Hall–Kier alpha value is -3.07. The molecule has 0 amide bonds. The Morgan fingerprint density at radius 3 is 2.67 bits per heavy atom. The quantitative estimate of drug-likeness (QED) is 0.561. The largest absolute Gasteiger partial charge is 0.337 e. The van der Waals surface area contributed by atoms with Crippen molar-refractivity contribution < 1.29 is 0 Å². The normalized spacial score (nSPS) is 12.8. The summed E-state index contributed by atoms with van der Waals surface area (Å²) < 4.78 is 2.17. The van der Waals surface area contributed by atoms with Crippen LogP contribution in [0, 0.1) is 0 Å². The van der Waals surface area contributed by atoms with Crippen molar-refractivity contribution >= 4 is 17.2 Å². The van der Waals surface area contributed by atoms with Crippen LogP contribution in [0.15, 0.2) is 61.2 Å². The van der Waals surface area contributed by atoms with E-state index in [-0.39, 0.29) is 0 Å². The third-order valence-electron chi connectivity index (χ3n) is 4.87. The highest BCUT2D eigenvalue weighted by Gasteiger charge is 2.23. The predicted molar refractivity (Wildman–Crippen MR) is 98.8 cm³/mol. The van der Waals surface area contributed by atoms with Crippen molar-refractivity contribution in [3.05, 3.63) is 72.3 Å². The minimum absolute atomic E-state index is 0.892. The second-order valence-electron chi connectivity index (χ2n) is 6.22. The van der Waals surface area contributed by atoms with Crippen LogP contribution in [-0.2, 0) is 12.8 Å². The molecular weight excluding hydrogens is 294 g/mol. The highest BCUT2D eigenvalue weighted by molar-refractivity contribution is 5.82. The zero-order valence-corrected chi connectivity index (χ0v) is 13.3. The standard InChI is InChI=1S/C21H17N3/c1-2-24-19(21-22-17-9-5-6-10-18(17)23-21)13-15-12-11-14-7-3-4-8-16(14)20(15)24/h2-10,13H,1,11-12H2,(H,22,23). The average molecular weight is 311 g/mol. The highest BCUT2D eigenvalue weighted by atomic mass is 15.0. The van der Waals surface area contributed by atoms with Gasteiger partial charge < -0.3 is 9.55 Å². The van der Waals surface area contributed by atoms with Gasteiger partial charge in [-0.05, 0) is 42.2 Å². The molecular formula is C21H17N3. The molecule has 0 aliphatic heterocycles. The van der Waals surface area contributed by atoms with Crippen LogP contribution in [0.1, 0.15) is 11.1 Å². The lowest BCUT2D eigenvalue weighted by atomic mass is 9.90. The van der Waals surface area contributed by atoms with Crippen molar-refractivity contribution in [1.82, 2.24) is 14.5 Å². The van der Waals surface area contributed by atoms with Gasteiger partial charge in [-0.25, -0.2) is 4.98 Å². The highest BCUT2D eigenvalue weighted by Crippen LogP contribution is 2.38. The Kier molecular flexibility index (Phi) is 2.77. The van der Waals surface area contributed by atoms with E-state index in [0.717, 1.165) is 35.4 Å². The number of nitrogens with zero attached hydrogens (tertiary/aromatic N) is 2. The van der Waals surface area contributed by atoms with Gasteiger partial charge in [0.25, 0.3) is 0 Å². The van der Waals surface area contributed by atoms with Gasteiger partial charge in [0.15, 0.2) is 5.82 Å². The molecule has 0 spiro atoms. The Morgan fingerprint density at radius 1 is 1.00 bits per heavy atom. The molecule has 0 unspecified atom stereocenters. The number of fused-ring (bicyclic) bond motifs is 4. The molecule has 1 N–H and O–H groups in total. The zero-order chi connectivity index (χ0) is 16.1. The maximum atomic E-state index is 4.77. The molecule has 2 heterocycles. The number of aromatic nitrogens is 3. The minimum Gasteiger partial charge on any atom is -0.337 e. The SMILES string of the molecule is C=Cn1c(-c2nc3ccccc3[nH]2)cc2c1-c1ccccc1CC2. The first-order chi connectivity index (χ1) is 11.8. The summed E-state index contributed by atoms with van der Waals surface area (Å²) in [4.78, 5) is 8.21.